The number of piperazine rings is 1. The Morgan fingerprint density at radius 3 is 2.06 bits per heavy atom. The molecule has 3 amide bonds. The molecule has 0 radical (unpaired) electrons. The second kappa shape index (κ2) is 10.5. The van der Waals surface area contributed by atoms with Gasteiger partial charge in [-0.3, -0.25) is 9.69 Å². The van der Waals surface area contributed by atoms with Crippen molar-refractivity contribution < 1.29 is 22.8 Å². The second-order valence-electron chi connectivity index (χ2n) is 7.87. The van der Waals surface area contributed by atoms with E-state index in [4.69, 9.17) is 0 Å². The highest BCUT2D eigenvalue weighted by Gasteiger charge is 2.30. The van der Waals surface area contributed by atoms with Crippen molar-refractivity contribution in [3.8, 4) is 0 Å². The number of carbonyl (C=O) groups is 2. The molecule has 0 saturated carbocycles. The van der Waals surface area contributed by atoms with Crippen molar-refractivity contribution in [3.05, 3.63) is 70.8 Å². The zero-order chi connectivity index (χ0) is 23.1. The van der Waals surface area contributed by atoms with Gasteiger partial charge < -0.3 is 15.5 Å². The smallest absolute Gasteiger partial charge is 0.339 e. The highest BCUT2D eigenvalue weighted by atomic mass is 19.4. The fourth-order valence-corrected chi connectivity index (χ4v) is 3.43. The number of benzene rings is 2. The maximum Gasteiger partial charge on any atom is 0.416 e. The SMILES string of the molecule is Cc1ccc(CNC(=O)NCC(=O)N2CCN(Cc3ccc(C(F)(F)F)cc3)CC2)cc1. The Morgan fingerprint density at radius 2 is 1.47 bits per heavy atom. The van der Waals surface area contributed by atoms with Gasteiger partial charge in [-0.1, -0.05) is 42.0 Å². The van der Waals surface area contributed by atoms with Gasteiger partial charge in [-0.15, -0.1) is 0 Å². The fraction of sp³-hybridized carbons (Fsp3) is 0.391. The number of nitrogens with one attached hydrogen (secondary N) is 2. The lowest BCUT2D eigenvalue weighted by atomic mass is 10.1. The number of hydrogen-bond donors (Lipinski definition) is 2. The first-order valence-electron chi connectivity index (χ1n) is 10.4. The molecule has 9 heteroatoms. The highest BCUT2D eigenvalue weighted by Crippen LogP contribution is 2.29. The lowest BCUT2D eigenvalue weighted by Gasteiger charge is -2.34. The monoisotopic (exact) mass is 448 g/mol. The van der Waals surface area contributed by atoms with Crippen LogP contribution in [0.15, 0.2) is 48.5 Å². The van der Waals surface area contributed by atoms with Gasteiger partial charge in [0.15, 0.2) is 0 Å². The van der Waals surface area contributed by atoms with Crippen LogP contribution in [-0.2, 0) is 24.1 Å². The molecule has 2 N–H and O–H groups in total. The van der Waals surface area contributed by atoms with Crippen LogP contribution < -0.4 is 10.6 Å². The predicted octanol–water partition coefficient (Wildman–Crippen LogP) is 3.16. The molecule has 2 aromatic carbocycles. The highest BCUT2D eigenvalue weighted by molar-refractivity contribution is 5.84. The number of hydrogen-bond acceptors (Lipinski definition) is 3. The number of alkyl halides is 3. The largest absolute Gasteiger partial charge is 0.416 e. The van der Waals surface area contributed by atoms with Gasteiger partial charge in [0.1, 0.15) is 0 Å². The minimum Gasteiger partial charge on any atom is -0.339 e. The van der Waals surface area contributed by atoms with Crippen molar-refractivity contribution in [2.45, 2.75) is 26.2 Å². The van der Waals surface area contributed by atoms with Crippen LogP contribution in [-0.4, -0.2) is 54.5 Å². The molecular formula is C23H27F3N4O2. The Balaban J connectivity index is 1.35. The first kappa shape index (κ1) is 23.6. The first-order chi connectivity index (χ1) is 15.2. The Kier molecular flexibility index (Phi) is 7.74. The van der Waals surface area contributed by atoms with Gasteiger partial charge in [0, 0.05) is 39.3 Å². The van der Waals surface area contributed by atoms with Gasteiger partial charge in [-0.05, 0) is 30.2 Å². The van der Waals surface area contributed by atoms with Gasteiger partial charge in [0.25, 0.3) is 0 Å². The number of rotatable bonds is 6. The van der Waals surface area contributed by atoms with Crippen molar-refractivity contribution in [2.24, 2.45) is 0 Å². The minimum atomic E-state index is -4.34. The van der Waals surface area contributed by atoms with E-state index in [0.717, 1.165) is 28.8 Å². The van der Waals surface area contributed by atoms with Crippen LogP contribution in [0.3, 0.4) is 0 Å². The fourth-order valence-electron chi connectivity index (χ4n) is 3.43. The number of aryl methyl sites for hydroxylation is 1. The molecular weight excluding hydrogens is 421 g/mol. The summed E-state index contributed by atoms with van der Waals surface area (Å²) in [6, 6.07) is 12.6. The first-order valence-corrected chi connectivity index (χ1v) is 10.4. The van der Waals surface area contributed by atoms with Crippen molar-refractivity contribution in [2.75, 3.05) is 32.7 Å². The standard InChI is InChI=1S/C23H27F3N4O2/c1-17-2-4-18(5-3-17)14-27-22(32)28-15-21(31)30-12-10-29(11-13-30)16-19-6-8-20(9-7-19)23(24,25)26/h2-9H,10-16H2,1H3,(H2,27,28,32). The van der Waals surface area contributed by atoms with E-state index in [9.17, 15) is 22.8 Å². The average Bonchev–Trinajstić information content (AvgIpc) is 2.77. The van der Waals surface area contributed by atoms with Crippen LogP contribution in [0.1, 0.15) is 22.3 Å². The summed E-state index contributed by atoms with van der Waals surface area (Å²) < 4.78 is 38.0. The molecule has 1 fully saturated rings. The van der Waals surface area contributed by atoms with E-state index in [1.165, 1.54) is 12.1 Å². The summed E-state index contributed by atoms with van der Waals surface area (Å²) in [7, 11) is 0. The minimum absolute atomic E-state index is 0.0847. The average molecular weight is 448 g/mol. The van der Waals surface area contributed by atoms with E-state index >= 15 is 0 Å². The summed E-state index contributed by atoms with van der Waals surface area (Å²) in [5, 5.41) is 5.31. The third-order valence-corrected chi connectivity index (χ3v) is 5.39. The van der Waals surface area contributed by atoms with Crippen LogP contribution in [0.5, 0.6) is 0 Å². The summed E-state index contributed by atoms with van der Waals surface area (Å²) in [6.45, 7) is 5.06. The quantitative estimate of drug-likeness (QED) is 0.714. The Labute approximate surface area is 185 Å². The van der Waals surface area contributed by atoms with Crippen LogP contribution in [0.4, 0.5) is 18.0 Å². The lowest BCUT2D eigenvalue weighted by molar-refractivity contribution is -0.137. The van der Waals surface area contributed by atoms with E-state index in [1.807, 2.05) is 31.2 Å². The second-order valence-corrected chi connectivity index (χ2v) is 7.87. The zero-order valence-corrected chi connectivity index (χ0v) is 17.9. The molecule has 1 aliphatic heterocycles. The summed E-state index contributed by atoms with van der Waals surface area (Å²) in [6.07, 6.45) is -4.34. The molecule has 172 valence electrons. The van der Waals surface area contributed by atoms with Crippen LogP contribution >= 0.6 is 0 Å². The normalized spacial score (nSPS) is 14.8. The van der Waals surface area contributed by atoms with Crippen LogP contribution in [0.2, 0.25) is 0 Å². The molecule has 0 aromatic heterocycles. The van der Waals surface area contributed by atoms with Crippen molar-refractivity contribution in [1.82, 2.24) is 20.4 Å². The van der Waals surface area contributed by atoms with E-state index < -0.39 is 17.8 Å². The Hall–Kier alpha value is -3.07. The van der Waals surface area contributed by atoms with E-state index in [2.05, 4.69) is 15.5 Å². The number of halogens is 3. The van der Waals surface area contributed by atoms with Gasteiger partial charge in [-0.2, -0.15) is 13.2 Å². The molecule has 0 unspecified atom stereocenters. The molecule has 3 rings (SSSR count). The van der Waals surface area contributed by atoms with E-state index in [1.54, 1.807) is 4.90 Å². The Morgan fingerprint density at radius 1 is 0.875 bits per heavy atom. The van der Waals surface area contributed by atoms with Crippen molar-refractivity contribution >= 4 is 11.9 Å². The molecule has 1 saturated heterocycles. The number of carbonyl (C=O) groups excluding carboxylic acids is 2. The molecule has 0 spiro atoms. The molecule has 2 aromatic rings. The van der Waals surface area contributed by atoms with Gasteiger partial charge >= 0.3 is 12.2 Å². The topological polar surface area (TPSA) is 64.7 Å². The maximum atomic E-state index is 12.7. The molecule has 0 aliphatic carbocycles. The predicted molar refractivity (Wildman–Crippen MR) is 115 cm³/mol. The molecule has 6 nitrogen and oxygen atoms in total. The summed E-state index contributed by atoms with van der Waals surface area (Å²) in [5.74, 6) is -0.162. The molecule has 0 bridgehead atoms. The molecule has 1 heterocycles. The maximum absolute atomic E-state index is 12.7. The summed E-state index contributed by atoms with van der Waals surface area (Å²) in [4.78, 5) is 28.1. The number of nitrogens with zero attached hydrogens (tertiary/aromatic N) is 2. The van der Waals surface area contributed by atoms with E-state index in [-0.39, 0.29) is 12.5 Å². The van der Waals surface area contributed by atoms with E-state index in [0.29, 0.717) is 39.3 Å². The zero-order valence-electron chi connectivity index (χ0n) is 17.9. The molecule has 32 heavy (non-hydrogen) atoms. The summed E-state index contributed by atoms with van der Waals surface area (Å²) >= 11 is 0. The molecule has 0 atom stereocenters. The van der Waals surface area contributed by atoms with Gasteiger partial charge in [0.05, 0.1) is 12.1 Å². The van der Waals surface area contributed by atoms with Gasteiger partial charge in [-0.25, -0.2) is 4.79 Å². The summed E-state index contributed by atoms with van der Waals surface area (Å²) in [5.41, 5.74) is 2.25. The number of urea groups is 1. The van der Waals surface area contributed by atoms with Crippen LogP contribution in [0.25, 0.3) is 0 Å². The Bertz CT molecular complexity index is 906. The van der Waals surface area contributed by atoms with Crippen LogP contribution in [0, 0.1) is 6.92 Å². The third-order valence-electron chi connectivity index (χ3n) is 5.39. The van der Waals surface area contributed by atoms with Crippen molar-refractivity contribution in [1.29, 1.82) is 0 Å². The molecule has 1 aliphatic rings. The third kappa shape index (κ3) is 6.98. The van der Waals surface area contributed by atoms with Gasteiger partial charge in [0.2, 0.25) is 5.91 Å². The number of amides is 3. The lowest BCUT2D eigenvalue weighted by Crippen LogP contribution is -2.51. The van der Waals surface area contributed by atoms with Crippen molar-refractivity contribution in [3.63, 3.8) is 0 Å².